The highest BCUT2D eigenvalue weighted by molar-refractivity contribution is 7.98. The lowest BCUT2D eigenvalue weighted by Crippen LogP contribution is -2.30. The molecule has 2 atom stereocenters. The fourth-order valence-electron chi connectivity index (χ4n) is 3.36. The Kier molecular flexibility index (Phi) is 5.30. The lowest BCUT2D eigenvalue weighted by Gasteiger charge is -2.18. The van der Waals surface area contributed by atoms with Crippen molar-refractivity contribution in [3.05, 3.63) is 41.4 Å². The van der Waals surface area contributed by atoms with Crippen molar-refractivity contribution in [3.8, 4) is 0 Å². The van der Waals surface area contributed by atoms with Gasteiger partial charge in [0, 0.05) is 16.5 Å². The van der Waals surface area contributed by atoms with Crippen LogP contribution in [0.15, 0.2) is 40.7 Å². The number of thioether (sulfide) groups is 1. The quantitative estimate of drug-likeness (QED) is 0.690. The SMILES string of the molecule is CSc1ccc([C@@]2(C(=O)Nc3nccs3)C[C@H]2CCC(C)C)cc1. The number of thiazole rings is 1. The van der Waals surface area contributed by atoms with Crippen LogP contribution in [-0.2, 0) is 10.2 Å². The molecule has 0 spiro atoms. The van der Waals surface area contributed by atoms with Crippen LogP contribution in [0.4, 0.5) is 5.13 Å². The van der Waals surface area contributed by atoms with Crippen LogP contribution in [0.5, 0.6) is 0 Å². The minimum atomic E-state index is -0.377. The molecule has 0 aliphatic heterocycles. The third kappa shape index (κ3) is 3.52. The van der Waals surface area contributed by atoms with Gasteiger partial charge in [0.15, 0.2) is 5.13 Å². The molecule has 0 unspecified atom stereocenters. The van der Waals surface area contributed by atoms with Gasteiger partial charge in [-0.1, -0.05) is 32.4 Å². The van der Waals surface area contributed by atoms with Gasteiger partial charge in [-0.25, -0.2) is 4.98 Å². The predicted octanol–water partition coefficient (Wildman–Crippen LogP) is 5.20. The number of hydrogen-bond acceptors (Lipinski definition) is 4. The van der Waals surface area contributed by atoms with E-state index in [2.05, 4.69) is 54.7 Å². The van der Waals surface area contributed by atoms with Gasteiger partial charge in [-0.05, 0) is 48.6 Å². The monoisotopic (exact) mass is 360 g/mol. The molecule has 1 aliphatic rings. The first-order valence-corrected chi connectivity index (χ1v) is 10.5. The maximum atomic E-state index is 13.1. The third-order valence-electron chi connectivity index (χ3n) is 4.86. The third-order valence-corrected chi connectivity index (χ3v) is 6.29. The highest BCUT2D eigenvalue weighted by atomic mass is 32.2. The van der Waals surface area contributed by atoms with Crippen molar-refractivity contribution in [2.45, 2.75) is 43.4 Å². The van der Waals surface area contributed by atoms with E-state index in [0.29, 0.717) is 17.0 Å². The number of nitrogens with zero attached hydrogens (tertiary/aromatic N) is 1. The summed E-state index contributed by atoms with van der Waals surface area (Å²) in [7, 11) is 0. The number of carbonyl (C=O) groups excluding carboxylic acids is 1. The molecule has 24 heavy (non-hydrogen) atoms. The molecule has 1 fully saturated rings. The molecule has 1 aromatic carbocycles. The molecule has 1 heterocycles. The molecule has 0 bridgehead atoms. The molecule has 1 aliphatic carbocycles. The van der Waals surface area contributed by atoms with Crippen LogP contribution in [0.3, 0.4) is 0 Å². The second-order valence-electron chi connectivity index (χ2n) is 6.86. The molecule has 2 aromatic rings. The van der Waals surface area contributed by atoms with Crippen molar-refractivity contribution in [1.82, 2.24) is 4.98 Å². The minimum absolute atomic E-state index is 0.100. The summed E-state index contributed by atoms with van der Waals surface area (Å²) in [6.45, 7) is 4.49. The van der Waals surface area contributed by atoms with Crippen molar-refractivity contribution < 1.29 is 4.79 Å². The molecule has 1 N–H and O–H groups in total. The number of anilines is 1. The second-order valence-corrected chi connectivity index (χ2v) is 8.64. The van der Waals surface area contributed by atoms with Gasteiger partial charge in [-0.2, -0.15) is 0 Å². The summed E-state index contributed by atoms with van der Waals surface area (Å²) < 4.78 is 0. The zero-order chi connectivity index (χ0) is 17.2. The van der Waals surface area contributed by atoms with E-state index >= 15 is 0 Å². The van der Waals surface area contributed by atoms with Gasteiger partial charge in [0.2, 0.25) is 5.91 Å². The molecular formula is C19H24N2OS2. The Bertz CT molecular complexity index is 682. The van der Waals surface area contributed by atoms with Crippen molar-refractivity contribution >= 4 is 34.1 Å². The van der Waals surface area contributed by atoms with Gasteiger partial charge in [-0.3, -0.25) is 4.79 Å². The molecule has 1 saturated carbocycles. The summed E-state index contributed by atoms with van der Waals surface area (Å²) in [6, 6.07) is 8.50. The summed E-state index contributed by atoms with van der Waals surface area (Å²) in [4.78, 5) is 18.5. The molecular weight excluding hydrogens is 336 g/mol. The van der Waals surface area contributed by atoms with Gasteiger partial charge in [0.25, 0.3) is 0 Å². The Balaban J connectivity index is 1.82. The minimum Gasteiger partial charge on any atom is -0.301 e. The first-order valence-electron chi connectivity index (χ1n) is 8.41. The summed E-state index contributed by atoms with van der Waals surface area (Å²) >= 11 is 3.20. The maximum Gasteiger partial charge on any atom is 0.237 e. The highest BCUT2D eigenvalue weighted by Gasteiger charge is 2.60. The number of benzene rings is 1. The van der Waals surface area contributed by atoms with Gasteiger partial charge >= 0.3 is 0 Å². The predicted molar refractivity (Wildman–Crippen MR) is 103 cm³/mol. The Morgan fingerprint density at radius 2 is 2.17 bits per heavy atom. The number of aromatic nitrogens is 1. The summed E-state index contributed by atoms with van der Waals surface area (Å²) in [5.41, 5.74) is 0.764. The van der Waals surface area contributed by atoms with E-state index in [4.69, 9.17) is 0 Å². The van der Waals surface area contributed by atoms with Gasteiger partial charge in [-0.15, -0.1) is 23.1 Å². The summed E-state index contributed by atoms with van der Waals surface area (Å²) in [5, 5.41) is 5.61. The fourth-order valence-corrected chi connectivity index (χ4v) is 4.29. The first kappa shape index (κ1) is 17.5. The molecule has 128 valence electrons. The van der Waals surface area contributed by atoms with Crippen molar-refractivity contribution in [2.75, 3.05) is 11.6 Å². The average Bonchev–Trinajstić information content (AvgIpc) is 3.11. The van der Waals surface area contributed by atoms with Crippen LogP contribution in [0.25, 0.3) is 0 Å². The smallest absolute Gasteiger partial charge is 0.237 e. The topological polar surface area (TPSA) is 42.0 Å². The number of nitrogens with one attached hydrogen (secondary N) is 1. The van der Waals surface area contributed by atoms with Crippen molar-refractivity contribution in [3.63, 3.8) is 0 Å². The zero-order valence-electron chi connectivity index (χ0n) is 14.4. The summed E-state index contributed by atoms with van der Waals surface area (Å²) in [6.07, 6.45) is 7.01. The normalized spacial score (nSPS) is 22.6. The van der Waals surface area contributed by atoms with E-state index in [1.165, 1.54) is 22.7 Å². The Morgan fingerprint density at radius 3 is 2.75 bits per heavy atom. The largest absolute Gasteiger partial charge is 0.301 e. The number of amides is 1. The van der Waals surface area contributed by atoms with Gasteiger partial charge < -0.3 is 5.32 Å². The fraction of sp³-hybridized carbons (Fsp3) is 0.474. The van der Waals surface area contributed by atoms with Crippen LogP contribution in [0.2, 0.25) is 0 Å². The van der Waals surface area contributed by atoms with Crippen molar-refractivity contribution in [1.29, 1.82) is 0 Å². The standard InChI is InChI=1S/C19H24N2OS2/c1-13(2)4-5-15-12-19(15,14-6-8-16(23-3)9-7-14)17(22)21-18-20-10-11-24-18/h6-11,13,15H,4-5,12H2,1-3H3,(H,20,21,22)/t15-,19+/m1/s1. The van der Waals surface area contributed by atoms with Crippen LogP contribution < -0.4 is 5.32 Å². The Labute approximate surface area is 152 Å². The van der Waals surface area contributed by atoms with E-state index in [1.54, 1.807) is 18.0 Å². The Hall–Kier alpha value is -1.33. The van der Waals surface area contributed by atoms with Crippen molar-refractivity contribution in [2.24, 2.45) is 11.8 Å². The zero-order valence-corrected chi connectivity index (χ0v) is 16.0. The van der Waals surface area contributed by atoms with E-state index in [9.17, 15) is 4.79 Å². The number of carbonyl (C=O) groups is 1. The molecule has 0 saturated heterocycles. The molecule has 3 rings (SSSR count). The molecule has 1 aromatic heterocycles. The van der Waals surface area contributed by atoms with Crippen LogP contribution in [0, 0.1) is 11.8 Å². The maximum absolute atomic E-state index is 13.1. The van der Waals surface area contributed by atoms with Crippen LogP contribution >= 0.6 is 23.1 Å². The Morgan fingerprint density at radius 1 is 1.42 bits per heavy atom. The molecule has 3 nitrogen and oxygen atoms in total. The van der Waals surface area contributed by atoms with E-state index < -0.39 is 0 Å². The lowest BCUT2D eigenvalue weighted by molar-refractivity contribution is -0.119. The molecule has 5 heteroatoms. The first-order chi connectivity index (χ1) is 11.6. The second kappa shape index (κ2) is 7.28. The van der Waals surface area contributed by atoms with Crippen LogP contribution in [-0.4, -0.2) is 17.1 Å². The van der Waals surface area contributed by atoms with E-state index in [1.807, 2.05) is 5.38 Å². The molecule has 0 radical (unpaired) electrons. The number of hydrogen-bond donors (Lipinski definition) is 1. The average molecular weight is 361 g/mol. The lowest BCUT2D eigenvalue weighted by atomic mass is 9.90. The highest BCUT2D eigenvalue weighted by Crippen LogP contribution is 2.57. The van der Waals surface area contributed by atoms with E-state index in [0.717, 1.165) is 18.4 Å². The molecule has 1 amide bonds. The summed E-state index contributed by atoms with van der Waals surface area (Å²) in [5.74, 6) is 1.20. The van der Waals surface area contributed by atoms with Gasteiger partial charge in [0.1, 0.15) is 0 Å². The van der Waals surface area contributed by atoms with Crippen LogP contribution in [0.1, 0.15) is 38.7 Å². The number of rotatable bonds is 7. The van der Waals surface area contributed by atoms with E-state index in [-0.39, 0.29) is 11.3 Å². The van der Waals surface area contributed by atoms with Gasteiger partial charge in [0.05, 0.1) is 5.41 Å².